The van der Waals surface area contributed by atoms with Crippen LogP contribution in [0.3, 0.4) is 0 Å². The summed E-state index contributed by atoms with van der Waals surface area (Å²) in [5.41, 5.74) is 1.01. The van der Waals surface area contributed by atoms with Crippen molar-refractivity contribution in [3.05, 3.63) is 46.2 Å². The molecule has 1 aliphatic heterocycles. The fourth-order valence-electron chi connectivity index (χ4n) is 3.47. The van der Waals surface area contributed by atoms with E-state index in [1.165, 1.54) is 12.0 Å². The monoisotopic (exact) mass is 403 g/mol. The number of phenolic OH excluding ortho intramolecular Hbond substituents is 1. The van der Waals surface area contributed by atoms with Gasteiger partial charge >= 0.3 is 6.03 Å². The van der Waals surface area contributed by atoms with E-state index in [2.05, 4.69) is 33.0 Å². The molecule has 0 bridgehead atoms. The zero-order chi connectivity index (χ0) is 19.8. The van der Waals surface area contributed by atoms with Gasteiger partial charge in [-0.05, 0) is 67.4 Å². The van der Waals surface area contributed by atoms with E-state index in [4.69, 9.17) is 4.74 Å². The Kier molecular flexibility index (Phi) is 7.56. The van der Waals surface area contributed by atoms with Gasteiger partial charge in [0.25, 0.3) is 0 Å². The number of hydrogen-bond acceptors (Lipinski definition) is 5. The van der Waals surface area contributed by atoms with Gasteiger partial charge < -0.3 is 20.5 Å². The molecule has 6 nitrogen and oxygen atoms in total. The maximum atomic E-state index is 12.0. The van der Waals surface area contributed by atoms with Gasteiger partial charge in [0.15, 0.2) is 11.5 Å². The van der Waals surface area contributed by atoms with Gasteiger partial charge in [-0.2, -0.15) is 0 Å². The van der Waals surface area contributed by atoms with Crippen molar-refractivity contribution in [2.24, 2.45) is 5.92 Å². The second-order valence-corrected chi connectivity index (χ2v) is 8.22. The first kappa shape index (κ1) is 20.5. The molecule has 2 aromatic rings. The fourth-order valence-corrected chi connectivity index (χ4v) is 4.22. The molecular weight excluding hydrogens is 374 g/mol. The highest BCUT2D eigenvalue weighted by Crippen LogP contribution is 2.26. The predicted molar refractivity (Wildman–Crippen MR) is 112 cm³/mol. The zero-order valence-corrected chi connectivity index (χ0v) is 17.1. The second kappa shape index (κ2) is 10.3. The van der Waals surface area contributed by atoms with Crippen LogP contribution in [0.5, 0.6) is 11.5 Å². The van der Waals surface area contributed by atoms with E-state index in [-0.39, 0.29) is 11.8 Å². The van der Waals surface area contributed by atoms with Crippen LogP contribution in [0.1, 0.15) is 23.3 Å². The van der Waals surface area contributed by atoms with Crippen molar-refractivity contribution in [3.63, 3.8) is 0 Å². The number of urea groups is 1. The highest BCUT2D eigenvalue weighted by atomic mass is 32.1. The van der Waals surface area contributed by atoms with Crippen LogP contribution in [0, 0.1) is 5.92 Å². The molecule has 0 aliphatic carbocycles. The van der Waals surface area contributed by atoms with Crippen molar-refractivity contribution >= 4 is 17.4 Å². The number of hydrogen-bond donors (Lipinski definition) is 3. The maximum Gasteiger partial charge on any atom is 0.314 e. The smallest absolute Gasteiger partial charge is 0.314 e. The van der Waals surface area contributed by atoms with Crippen molar-refractivity contribution in [2.75, 3.05) is 33.3 Å². The van der Waals surface area contributed by atoms with Crippen LogP contribution in [-0.4, -0.2) is 49.3 Å². The minimum absolute atomic E-state index is 0.119. The highest BCUT2D eigenvalue weighted by Gasteiger charge is 2.19. The SMILES string of the molecule is COc1cc(CCNC(=O)NCC2CCN(Cc3cccs3)CC2)ccc1O. The number of ether oxygens (including phenoxy) is 1. The molecule has 1 aliphatic rings. The molecule has 28 heavy (non-hydrogen) atoms. The van der Waals surface area contributed by atoms with Crippen LogP contribution in [0.25, 0.3) is 0 Å². The Morgan fingerprint density at radius 3 is 2.82 bits per heavy atom. The third-order valence-corrected chi connectivity index (χ3v) is 6.02. The average molecular weight is 404 g/mol. The summed E-state index contributed by atoms with van der Waals surface area (Å²) in [6, 6.07) is 9.41. The van der Waals surface area contributed by atoms with Crippen LogP contribution < -0.4 is 15.4 Å². The second-order valence-electron chi connectivity index (χ2n) is 7.19. The standard InChI is InChI=1S/C21H29N3O3S/c1-27-20-13-16(4-5-19(20)25)6-9-22-21(26)23-14-17-7-10-24(11-8-17)15-18-3-2-12-28-18/h2-5,12-13,17,25H,6-11,14-15H2,1H3,(H2,22,23,26). The number of nitrogens with one attached hydrogen (secondary N) is 2. The van der Waals surface area contributed by atoms with Crippen molar-refractivity contribution in [1.82, 2.24) is 15.5 Å². The van der Waals surface area contributed by atoms with Crippen molar-refractivity contribution < 1.29 is 14.6 Å². The molecule has 7 heteroatoms. The highest BCUT2D eigenvalue weighted by molar-refractivity contribution is 7.09. The summed E-state index contributed by atoms with van der Waals surface area (Å²) in [5, 5.41) is 17.6. The van der Waals surface area contributed by atoms with E-state index in [1.807, 2.05) is 17.4 Å². The summed E-state index contributed by atoms with van der Waals surface area (Å²) < 4.78 is 5.10. The minimum Gasteiger partial charge on any atom is -0.504 e. The Hall–Kier alpha value is -2.25. The number of nitrogens with zero attached hydrogens (tertiary/aromatic N) is 1. The normalized spacial score (nSPS) is 15.3. The molecule has 0 radical (unpaired) electrons. The molecular formula is C21H29N3O3S. The summed E-state index contributed by atoms with van der Waals surface area (Å²) in [5.74, 6) is 1.12. The Morgan fingerprint density at radius 1 is 1.29 bits per heavy atom. The van der Waals surface area contributed by atoms with E-state index in [0.29, 0.717) is 24.6 Å². The number of benzene rings is 1. The van der Waals surface area contributed by atoms with Crippen molar-refractivity contribution in [1.29, 1.82) is 0 Å². The third-order valence-electron chi connectivity index (χ3n) is 5.16. The summed E-state index contributed by atoms with van der Waals surface area (Å²) in [6.45, 7) is 4.49. The quantitative estimate of drug-likeness (QED) is 0.633. The van der Waals surface area contributed by atoms with Gasteiger partial charge in [0.1, 0.15) is 0 Å². The van der Waals surface area contributed by atoms with E-state index >= 15 is 0 Å². The first-order valence-corrected chi connectivity index (χ1v) is 10.6. The number of phenols is 1. The molecule has 0 spiro atoms. The summed E-state index contributed by atoms with van der Waals surface area (Å²) >= 11 is 1.81. The number of methoxy groups -OCH3 is 1. The number of amides is 2. The molecule has 0 atom stereocenters. The van der Waals surface area contributed by atoms with Crippen LogP contribution >= 0.6 is 11.3 Å². The lowest BCUT2D eigenvalue weighted by molar-refractivity contribution is 0.176. The molecule has 0 unspecified atom stereocenters. The van der Waals surface area contributed by atoms with Gasteiger partial charge in [-0.1, -0.05) is 12.1 Å². The van der Waals surface area contributed by atoms with E-state index in [1.54, 1.807) is 12.1 Å². The molecule has 0 saturated carbocycles. The molecule has 1 saturated heterocycles. The zero-order valence-electron chi connectivity index (χ0n) is 16.3. The average Bonchev–Trinajstić information content (AvgIpc) is 3.22. The Labute approximate surface area is 170 Å². The minimum atomic E-state index is -0.119. The number of carbonyl (C=O) groups is 1. The molecule has 1 aromatic carbocycles. The van der Waals surface area contributed by atoms with Gasteiger partial charge in [-0.15, -0.1) is 11.3 Å². The molecule has 3 rings (SSSR count). The van der Waals surface area contributed by atoms with Crippen molar-refractivity contribution in [2.45, 2.75) is 25.8 Å². The van der Waals surface area contributed by atoms with Crippen LogP contribution in [0.2, 0.25) is 0 Å². The number of rotatable bonds is 8. The predicted octanol–water partition coefficient (Wildman–Crippen LogP) is 3.22. The number of piperidine rings is 1. The van der Waals surface area contributed by atoms with Crippen molar-refractivity contribution in [3.8, 4) is 11.5 Å². The first-order chi connectivity index (χ1) is 13.6. The lowest BCUT2D eigenvalue weighted by Crippen LogP contribution is -2.42. The molecule has 2 amide bonds. The largest absolute Gasteiger partial charge is 0.504 e. The van der Waals surface area contributed by atoms with E-state index < -0.39 is 0 Å². The summed E-state index contributed by atoms with van der Waals surface area (Å²) in [7, 11) is 1.53. The lowest BCUT2D eigenvalue weighted by Gasteiger charge is -2.31. The summed E-state index contributed by atoms with van der Waals surface area (Å²) in [6.07, 6.45) is 2.93. The maximum absolute atomic E-state index is 12.0. The fraction of sp³-hybridized carbons (Fsp3) is 0.476. The molecule has 1 aromatic heterocycles. The Balaban J connectivity index is 1.29. The first-order valence-electron chi connectivity index (χ1n) is 9.76. The van der Waals surface area contributed by atoms with Gasteiger partial charge in [0.2, 0.25) is 0 Å². The molecule has 1 fully saturated rings. The van der Waals surface area contributed by atoms with Crippen LogP contribution in [0.15, 0.2) is 35.7 Å². The Bertz CT molecular complexity index is 743. The summed E-state index contributed by atoms with van der Waals surface area (Å²) in [4.78, 5) is 15.9. The number of aromatic hydroxyl groups is 1. The van der Waals surface area contributed by atoms with Gasteiger partial charge in [-0.3, -0.25) is 4.90 Å². The molecule has 152 valence electrons. The van der Waals surface area contributed by atoms with Crippen LogP contribution in [0.4, 0.5) is 4.79 Å². The number of thiophene rings is 1. The third kappa shape index (κ3) is 6.14. The number of likely N-dealkylation sites (tertiary alicyclic amines) is 1. The molecule has 2 heterocycles. The Morgan fingerprint density at radius 2 is 2.11 bits per heavy atom. The molecule has 3 N–H and O–H groups in total. The van der Waals surface area contributed by atoms with E-state index in [9.17, 15) is 9.90 Å². The van der Waals surface area contributed by atoms with E-state index in [0.717, 1.165) is 44.6 Å². The van der Waals surface area contributed by atoms with Gasteiger partial charge in [0.05, 0.1) is 7.11 Å². The lowest BCUT2D eigenvalue weighted by atomic mass is 9.97. The van der Waals surface area contributed by atoms with Gasteiger partial charge in [0, 0.05) is 24.5 Å². The number of carbonyl (C=O) groups excluding carboxylic acids is 1. The van der Waals surface area contributed by atoms with Gasteiger partial charge in [-0.25, -0.2) is 4.79 Å². The topological polar surface area (TPSA) is 73.8 Å². The van der Waals surface area contributed by atoms with Crippen LogP contribution in [-0.2, 0) is 13.0 Å².